The Morgan fingerprint density at radius 3 is 2.35 bits per heavy atom. The molecule has 0 saturated carbocycles. The van der Waals surface area contributed by atoms with Crippen LogP contribution in [0.4, 0.5) is 0 Å². The summed E-state index contributed by atoms with van der Waals surface area (Å²) in [6.07, 6.45) is 0. The molecular weight excluding hydrogens is 208 g/mol. The van der Waals surface area contributed by atoms with E-state index in [0.29, 0.717) is 12.1 Å². The van der Waals surface area contributed by atoms with Crippen LogP contribution in [0.2, 0.25) is 0 Å². The molecule has 1 aromatic rings. The molecule has 0 amide bonds. The van der Waals surface area contributed by atoms with Gasteiger partial charge in [-0.25, -0.2) is 0 Å². The van der Waals surface area contributed by atoms with Crippen LogP contribution in [0.15, 0.2) is 30.3 Å². The Morgan fingerprint density at radius 1 is 1.18 bits per heavy atom. The van der Waals surface area contributed by atoms with Gasteiger partial charge in [-0.2, -0.15) is 0 Å². The third-order valence-electron chi connectivity index (χ3n) is 4.09. The lowest BCUT2D eigenvalue weighted by molar-refractivity contribution is 0.226. The molecule has 17 heavy (non-hydrogen) atoms. The summed E-state index contributed by atoms with van der Waals surface area (Å²) in [5.74, 6) is 0.760. The Bertz CT molecular complexity index is 347. The average Bonchev–Trinajstić information content (AvgIpc) is 2.71. The van der Waals surface area contributed by atoms with E-state index in [4.69, 9.17) is 0 Å². The lowest BCUT2D eigenvalue weighted by Crippen LogP contribution is -2.34. The van der Waals surface area contributed by atoms with Crippen molar-refractivity contribution in [3.05, 3.63) is 35.9 Å². The fourth-order valence-corrected chi connectivity index (χ4v) is 2.92. The van der Waals surface area contributed by atoms with Gasteiger partial charge < -0.3 is 4.90 Å². The molecule has 1 fully saturated rings. The van der Waals surface area contributed by atoms with E-state index in [1.807, 2.05) is 0 Å². The van der Waals surface area contributed by atoms with Gasteiger partial charge >= 0.3 is 0 Å². The molecule has 0 aliphatic carbocycles. The van der Waals surface area contributed by atoms with Crippen molar-refractivity contribution in [1.29, 1.82) is 0 Å². The van der Waals surface area contributed by atoms with Gasteiger partial charge in [-0.15, -0.1) is 0 Å². The molecule has 3 unspecified atom stereocenters. The van der Waals surface area contributed by atoms with Gasteiger partial charge in [0, 0.05) is 25.2 Å². The summed E-state index contributed by atoms with van der Waals surface area (Å²) in [7, 11) is 4.38. The summed E-state index contributed by atoms with van der Waals surface area (Å²) in [4.78, 5) is 4.97. The zero-order valence-electron chi connectivity index (χ0n) is 11.4. The minimum atomic E-state index is 0.531. The molecule has 94 valence electrons. The molecule has 1 heterocycles. The third-order valence-corrected chi connectivity index (χ3v) is 4.09. The van der Waals surface area contributed by atoms with E-state index < -0.39 is 0 Å². The second-order valence-corrected chi connectivity index (χ2v) is 5.55. The van der Waals surface area contributed by atoms with Crippen molar-refractivity contribution in [2.75, 3.05) is 27.2 Å². The summed E-state index contributed by atoms with van der Waals surface area (Å²) in [5, 5.41) is 0. The van der Waals surface area contributed by atoms with Gasteiger partial charge in [0.1, 0.15) is 0 Å². The number of hydrogen-bond donors (Lipinski definition) is 0. The van der Waals surface area contributed by atoms with Crippen LogP contribution >= 0.6 is 0 Å². The fourth-order valence-electron chi connectivity index (χ4n) is 2.92. The van der Waals surface area contributed by atoms with Crippen LogP contribution < -0.4 is 0 Å². The minimum absolute atomic E-state index is 0.531. The van der Waals surface area contributed by atoms with Crippen molar-refractivity contribution in [3.63, 3.8) is 0 Å². The topological polar surface area (TPSA) is 6.48 Å². The van der Waals surface area contributed by atoms with Crippen LogP contribution in [0, 0.1) is 5.92 Å². The Morgan fingerprint density at radius 2 is 1.82 bits per heavy atom. The minimum Gasteiger partial charge on any atom is -0.305 e. The van der Waals surface area contributed by atoms with Crippen LogP contribution in [-0.4, -0.2) is 43.0 Å². The van der Waals surface area contributed by atoms with Gasteiger partial charge in [0.25, 0.3) is 0 Å². The smallest absolute Gasteiger partial charge is 0.0320 e. The zero-order chi connectivity index (χ0) is 12.4. The predicted molar refractivity (Wildman–Crippen MR) is 73.1 cm³/mol. The number of nitrogens with zero attached hydrogens (tertiary/aromatic N) is 2. The Hall–Kier alpha value is -0.860. The number of rotatable bonds is 3. The molecule has 1 aliphatic heterocycles. The van der Waals surface area contributed by atoms with E-state index in [9.17, 15) is 0 Å². The quantitative estimate of drug-likeness (QED) is 0.790. The third kappa shape index (κ3) is 2.70. The Labute approximate surface area is 105 Å². The van der Waals surface area contributed by atoms with Gasteiger partial charge in [-0.3, -0.25) is 4.90 Å². The highest BCUT2D eigenvalue weighted by Gasteiger charge is 2.33. The zero-order valence-corrected chi connectivity index (χ0v) is 11.4. The summed E-state index contributed by atoms with van der Waals surface area (Å²) >= 11 is 0. The van der Waals surface area contributed by atoms with Crippen molar-refractivity contribution >= 4 is 0 Å². The number of likely N-dealkylation sites (N-methyl/N-ethyl adjacent to an activating group) is 1. The lowest BCUT2D eigenvalue weighted by atomic mass is 10.1. The highest BCUT2D eigenvalue weighted by molar-refractivity contribution is 5.18. The molecule has 3 atom stereocenters. The number of benzene rings is 1. The van der Waals surface area contributed by atoms with E-state index >= 15 is 0 Å². The van der Waals surface area contributed by atoms with E-state index in [1.54, 1.807) is 0 Å². The fraction of sp³-hybridized carbons (Fsp3) is 0.600. The van der Waals surface area contributed by atoms with Crippen LogP contribution in [0.1, 0.15) is 25.5 Å². The van der Waals surface area contributed by atoms with Crippen molar-refractivity contribution in [2.45, 2.75) is 25.9 Å². The maximum atomic E-state index is 2.60. The number of hydrogen-bond acceptors (Lipinski definition) is 2. The molecular formula is C15H24N2. The van der Waals surface area contributed by atoms with Crippen molar-refractivity contribution in [1.82, 2.24) is 9.80 Å². The molecule has 0 spiro atoms. The molecule has 1 aliphatic rings. The summed E-state index contributed by atoms with van der Waals surface area (Å²) in [5.41, 5.74) is 1.43. The largest absolute Gasteiger partial charge is 0.305 e. The number of likely N-dealkylation sites (tertiary alicyclic amines) is 1. The molecule has 0 aromatic heterocycles. The molecule has 2 nitrogen and oxygen atoms in total. The summed E-state index contributed by atoms with van der Waals surface area (Å²) < 4.78 is 0. The lowest BCUT2D eigenvalue weighted by Gasteiger charge is -2.26. The van der Waals surface area contributed by atoms with Crippen molar-refractivity contribution in [3.8, 4) is 0 Å². The summed E-state index contributed by atoms with van der Waals surface area (Å²) in [6.45, 7) is 7.08. The first-order chi connectivity index (χ1) is 8.09. The first-order valence-corrected chi connectivity index (χ1v) is 6.55. The molecule has 0 radical (unpaired) electrons. The molecule has 0 N–H and O–H groups in total. The molecule has 1 aromatic carbocycles. The molecule has 2 rings (SSSR count). The van der Waals surface area contributed by atoms with E-state index in [2.05, 4.69) is 68.1 Å². The second kappa shape index (κ2) is 5.19. The monoisotopic (exact) mass is 232 g/mol. The SMILES string of the molecule is CC1CN(C(C)c2ccccc2)CC1N(C)C. The highest BCUT2D eigenvalue weighted by atomic mass is 15.3. The second-order valence-electron chi connectivity index (χ2n) is 5.55. The van der Waals surface area contributed by atoms with E-state index in [-0.39, 0.29) is 0 Å². The maximum absolute atomic E-state index is 2.60. The first-order valence-electron chi connectivity index (χ1n) is 6.55. The van der Waals surface area contributed by atoms with Gasteiger partial charge in [0.15, 0.2) is 0 Å². The standard InChI is InChI=1S/C15H24N2/c1-12-10-17(11-15(12)16(3)4)13(2)14-8-6-5-7-9-14/h5-9,12-13,15H,10-11H2,1-4H3. The predicted octanol–water partition coefficient (Wildman–Crippen LogP) is 2.63. The maximum Gasteiger partial charge on any atom is 0.0320 e. The van der Waals surface area contributed by atoms with Crippen LogP contribution in [-0.2, 0) is 0 Å². The summed E-state index contributed by atoms with van der Waals surface area (Å²) in [6, 6.07) is 12.1. The molecule has 1 saturated heterocycles. The van der Waals surface area contributed by atoms with E-state index in [1.165, 1.54) is 18.7 Å². The Kier molecular flexibility index (Phi) is 3.85. The van der Waals surface area contributed by atoms with E-state index in [0.717, 1.165) is 5.92 Å². The van der Waals surface area contributed by atoms with Gasteiger partial charge in [-0.1, -0.05) is 37.3 Å². The van der Waals surface area contributed by atoms with Gasteiger partial charge in [0.2, 0.25) is 0 Å². The van der Waals surface area contributed by atoms with Gasteiger partial charge in [0.05, 0.1) is 0 Å². The van der Waals surface area contributed by atoms with Crippen LogP contribution in [0.3, 0.4) is 0 Å². The Balaban J connectivity index is 2.05. The average molecular weight is 232 g/mol. The molecule has 2 heteroatoms. The van der Waals surface area contributed by atoms with Crippen molar-refractivity contribution in [2.24, 2.45) is 5.92 Å². The van der Waals surface area contributed by atoms with Crippen LogP contribution in [0.5, 0.6) is 0 Å². The van der Waals surface area contributed by atoms with Crippen LogP contribution in [0.25, 0.3) is 0 Å². The normalized spacial score (nSPS) is 27.6. The van der Waals surface area contributed by atoms with Crippen molar-refractivity contribution < 1.29 is 0 Å². The first kappa shape index (κ1) is 12.6. The molecule has 0 bridgehead atoms. The van der Waals surface area contributed by atoms with Gasteiger partial charge in [-0.05, 0) is 32.5 Å². The highest BCUT2D eigenvalue weighted by Crippen LogP contribution is 2.28.